The van der Waals surface area contributed by atoms with Crippen LogP contribution in [-0.4, -0.2) is 90.8 Å². The molecule has 6 unspecified atom stereocenters. The van der Waals surface area contributed by atoms with Crippen LogP contribution in [-0.2, 0) is 23.9 Å². The highest BCUT2D eigenvalue weighted by Crippen LogP contribution is 2.28. The molecule has 7 atom stereocenters. The fourth-order valence-electron chi connectivity index (χ4n) is 5.91. The van der Waals surface area contributed by atoms with Gasteiger partial charge in [0.15, 0.2) is 0 Å². The van der Waals surface area contributed by atoms with Crippen molar-refractivity contribution in [2.45, 2.75) is 110 Å². The molecule has 1 saturated heterocycles. The summed E-state index contributed by atoms with van der Waals surface area (Å²) >= 11 is 0. The molecule has 0 radical (unpaired) electrons. The van der Waals surface area contributed by atoms with Crippen LogP contribution in [0, 0.1) is 11.8 Å². The summed E-state index contributed by atoms with van der Waals surface area (Å²) in [7, 11) is 4.97. The van der Waals surface area contributed by atoms with E-state index in [9.17, 15) is 19.5 Å². The Balaban J connectivity index is 2.09. The Labute approximate surface area is 246 Å². The van der Waals surface area contributed by atoms with Crippen molar-refractivity contribution in [2.24, 2.45) is 11.8 Å². The second-order valence-corrected chi connectivity index (χ2v) is 11.9. The van der Waals surface area contributed by atoms with E-state index in [0.717, 1.165) is 24.8 Å². The number of carbonyl (C=O) groups is 3. The van der Waals surface area contributed by atoms with Crippen LogP contribution in [0.5, 0.6) is 0 Å². The molecular weight excluding hydrogens is 522 g/mol. The second kappa shape index (κ2) is 16.8. The Bertz CT molecular complexity index is 958. The average Bonchev–Trinajstić information content (AvgIpc) is 3.44. The first-order valence-corrected chi connectivity index (χ1v) is 15.1. The average molecular weight is 576 g/mol. The van der Waals surface area contributed by atoms with Crippen LogP contribution in [0.15, 0.2) is 30.3 Å². The SMILES string of the molecule is CCC(C)C(C(CC(=O)N1CCCC1C(CC(=O)N[C@H](C)C(O)c1ccccc1)OC)OC)N(C)C(=O)CC(C)C. The fourth-order valence-corrected chi connectivity index (χ4v) is 5.91. The van der Waals surface area contributed by atoms with Gasteiger partial charge in [-0.3, -0.25) is 14.4 Å². The van der Waals surface area contributed by atoms with Gasteiger partial charge in [0.2, 0.25) is 17.7 Å². The Morgan fingerprint density at radius 2 is 1.71 bits per heavy atom. The molecule has 9 heteroatoms. The number of benzene rings is 1. The summed E-state index contributed by atoms with van der Waals surface area (Å²) in [5.74, 6) is 0.134. The van der Waals surface area contributed by atoms with Crippen molar-refractivity contribution in [3.05, 3.63) is 35.9 Å². The summed E-state index contributed by atoms with van der Waals surface area (Å²) < 4.78 is 11.6. The van der Waals surface area contributed by atoms with Crippen molar-refractivity contribution in [3.8, 4) is 0 Å². The van der Waals surface area contributed by atoms with Crippen LogP contribution in [0.2, 0.25) is 0 Å². The van der Waals surface area contributed by atoms with E-state index in [1.165, 1.54) is 0 Å². The number of aliphatic hydroxyl groups is 1. The Hall–Kier alpha value is -2.49. The predicted molar refractivity (Wildman–Crippen MR) is 160 cm³/mol. The number of aliphatic hydroxyl groups excluding tert-OH is 1. The van der Waals surface area contributed by atoms with E-state index < -0.39 is 24.4 Å². The molecule has 0 aromatic heterocycles. The lowest BCUT2D eigenvalue weighted by Crippen LogP contribution is -2.52. The molecule has 41 heavy (non-hydrogen) atoms. The smallest absolute Gasteiger partial charge is 0.225 e. The van der Waals surface area contributed by atoms with Gasteiger partial charge >= 0.3 is 0 Å². The number of hydrogen-bond acceptors (Lipinski definition) is 6. The van der Waals surface area contributed by atoms with Crippen LogP contribution in [0.4, 0.5) is 0 Å². The largest absolute Gasteiger partial charge is 0.386 e. The summed E-state index contributed by atoms with van der Waals surface area (Å²) in [4.78, 5) is 43.2. The molecule has 1 aliphatic rings. The molecule has 1 fully saturated rings. The van der Waals surface area contributed by atoms with Crippen LogP contribution in [0.25, 0.3) is 0 Å². The number of ether oxygens (including phenoxy) is 2. The number of methoxy groups -OCH3 is 2. The lowest BCUT2D eigenvalue weighted by molar-refractivity contribution is -0.145. The van der Waals surface area contributed by atoms with Gasteiger partial charge in [-0.05, 0) is 37.2 Å². The molecule has 9 nitrogen and oxygen atoms in total. The van der Waals surface area contributed by atoms with Crippen molar-refractivity contribution in [1.29, 1.82) is 0 Å². The van der Waals surface area contributed by atoms with Crippen molar-refractivity contribution in [3.63, 3.8) is 0 Å². The highest BCUT2D eigenvalue weighted by Gasteiger charge is 2.39. The van der Waals surface area contributed by atoms with Crippen LogP contribution in [0.1, 0.15) is 84.8 Å². The summed E-state index contributed by atoms with van der Waals surface area (Å²) in [6.07, 6.45) is 1.30. The second-order valence-electron chi connectivity index (χ2n) is 11.9. The molecule has 232 valence electrons. The standard InChI is InChI=1S/C32H53N3O6/c1-9-22(4)31(34(6)29(37)18-21(2)3)27(41-8)20-30(38)35-17-13-16-25(35)26(40-7)19-28(36)33-23(5)32(39)24-14-11-10-12-15-24/h10-12,14-15,21-23,25-27,31-32,39H,9,13,16-20H2,1-8H3,(H,33,36)/t22?,23-,25?,26?,27?,31?,32?/m1/s1. The highest BCUT2D eigenvalue weighted by molar-refractivity contribution is 5.79. The van der Waals surface area contributed by atoms with Gasteiger partial charge in [-0.25, -0.2) is 0 Å². The summed E-state index contributed by atoms with van der Waals surface area (Å²) in [6, 6.07) is 8.26. The number of nitrogens with one attached hydrogen (secondary N) is 1. The minimum Gasteiger partial charge on any atom is -0.386 e. The van der Waals surface area contributed by atoms with Gasteiger partial charge in [-0.2, -0.15) is 0 Å². The fraction of sp³-hybridized carbons (Fsp3) is 0.719. The van der Waals surface area contributed by atoms with Crippen molar-refractivity contribution >= 4 is 17.7 Å². The van der Waals surface area contributed by atoms with Crippen molar-refractivity contribution in [2.75, 3.05) is 27.8 Å². The number of nitrogens with zero attached hydrogens (tertiary/aromatic N) is 2. The Kier molecular flexibility index (Phi) is 14.2. The quantitative estimate of drug-likeness (QED) is 0.309. The molecule has 1 heterocycles. The summed E-state index contributed by atoms with van der Waals surface area (Å²) in [5.41, 5.74) is 0.732. The zero-order chi connectivity index (χ0) is 30.7. The summed E-state index contributed by atoms with van der Waals surface area (Å²) in [5, 5.41) is 13.5. The number of likely N-dealkylation sites (N-methyl/N-ethyl adjacent to an activating group) is 1. The Morgan fingerprint density at radius 1 is 1.05 bits per heavy atom. The van der Waals surface area contributed by atoms with Gasteiger partial charge in [0.1, 0.15) is 0 Å². The van der Waals surface area contributed by atoms with E-state index >= 15 is 0 Å². The Morgan fingerprint density at radius 3 is 2.27 bits per heavy atom. The summed E-state index contributed by atoms with van der Waals surface area (Å²) in [6.45, 7) is 10.6. The minimum absolute atomic E-state index is 0.0518. The number of rotatable bonds is 16. The monoisotopic (exact) mass is 575 g/mol. The first-order valence-electron chi connectivity index (χ1n) is 15.1. The van der Waals surface area contributed by atoms with Crippen molar-refractivity contribution in [1.82, 2.24) is 15.1 Å². The van der Waals surface area contributed by atoms with Crippen LogP contribution in [0.3, 0.4) is 0 Å². The number of amides is 3. The van der Waals surface area contributed by atoms with Gasteiger partial charge in [0.25, 0.3) is 0 Å². The number of carbonyl (C=O) groups excluding carboxylic acids is 3. The maximum absolute atomic E-state index is 13.7. The van der Waals surface area contributed by atoms with Crippen molar-refractivity contribution < 1.29 is 29.0 Å². The maximum atomic E-state index is 13.7. The third kappa shape index (κ3) is 9.79. The molecular formula is C32H53N3O6. The van der Waals surface area contributed by atoms with Crippen LogP contribution < -0.4 is 5.32 Å². The van der Waals surface area contributed by atoms with E-state index in [1.54, 1.807) is 26.0 Å². The molecule has 3 amide bonds. The topological polar surface area (TPSA) is 108 Å². The normalized spacial score (nSPS) is 19.8. The molecule has 0 aliphatic carbocycles. The van der Waals surface area contributed by atoms with E-state index in [2.05, 4.69) is 19.2 Å². The third-order valence-corrected chi connectivity index (χ3v) is 8.45. The number of hydrogen-bond donors (Lipinski definition) is 2. The van der Waals surface area contributed by atoms with E-state index in [1.807, 2.05) is 56.1 Å². The van der Waals surface area contributed by atoms with Gasteiger partial charge in [0, 0.05) is 34.2 Å². The predicted octanol–water partition coefficient (Wildman–Crippen LogP) is 3.95. The highest BCUT2D eigenvalue weighted by atomic mass is 16.5. The first kappa shape index (κ1) is 34.7. The van der Waals surface area contributed by atoms with E-state index in [4.69, 9.17) is 9.47 Å². The van der Waals surface area contributed by atoms with E-state index in [-0.39, 0.29) is 54.5 Å². The van der Waals surface area contributed by atoms with Crippen LogP contribution >= 0.6 is 0 Å². The lowest BCUT2D eigenvalue weighted by atomic mass is 9.90. The maximum Gasteiger partial charge on any atom is 0.225 e. The van der Waals surface area contributed by atoms with Gasteiger partial charge in [0.05, 0.1) is 49.3 Å². The molecule has 1 aromatic rings. The minimum atomic E-state index is -0.833. The van der Waals surface area contributed by atoms with E-state index in [0.29, 0.717) is 13.0 Å². The van der Waals surface area contributed by atoms with Gasteiger partial charge in [-0.1, -0.05) is 64.4 Å². The molecule has 0 spiro atoms. The number of likely N-dealkylation sites (tertiary alicyclic amines) is 1. The zero-order valence-corrected chi connectivity index (χ0v) is 26.3. The molecule has 1 aliphatic heterocycles. The molecule has 1 aromatic carbocycles. The van der Waals surface area contributed by atoms with Gasteiger partial charge in [-0.15, -0.1) is 0 Å². The lowest BCUT2D eigenvalue weighted by Gasteiger charge is -2.39. The molecule has 0 bridgehead atoms. The molecule has 2 rings (SSSR count). The van der Waals surface area contributed by atoms with Gasteiger partial charge < -0.3 is 29.7 Å². The molecule has 0 saturated carbocycles. The zero-order valence-electron chi connectivity index (χ0n) is 26.3. The molecule has 2 N–H and O–H groups in total. The first-order chi connectivity index (χ1) is 19.4. The third-order valence-electron chi connectivity index (χ3n) is 8.45.